The molecule has 0 aliphatic carbocycles. The molecule has 16 heteroatoms. The highest BCUT2D eigenvalue weighted by Gasteiger charge is 2.16. The van der Waals surface area contributed by atoms with Gasteiger partial charge in [0.2, 0.25) is 33.6 Å². The van der Waals surface area contributed by atoms with Crippen molar-refractivity contribution in [1.82, 2.24) is 20.4 Å². The number of benzene rings is 2. The van der Waals surface area contributed by atoms with Gasteiger partial charge in [-0.1, -0.05) is 22.7 Å². The summed E-state index contributed by atoms with van der Waals surface area (Å²) in [4.78, 5) is 25.1. The lowest BCUT2D eigenvalue weighted by molar-refractivity contribution is -0.117. The number of amides is 2. The molecule has 0 fully saturated rings. The molecule has 0 saturated heterocycles. The summed E-state index contributed by atoms with van der Waals surface area (Å²) in [6, 6.07) is 7.32. The lowest BCUT2D eigenvalue weighted by Gasteiger charge is -2.14. The van der Waals surface area contributed by atoms with Crippen LogP contribution in [0.4, 0.5) is 10.3 Å². The first kappa shape index (κ1) is 36.1. The van der Waals surface area contributed by atoms with Gasteiger partial charge in [0, 0.05) is 25.7 Å². The summed E-state index contributed by atoms with van der Waals surface area (Å²) in [5, 5.41) is 24.9. The summed E-state index contributed by atoms with van der Waals surface area (Å²) < 4.78 is 32.3. The minimum absolute atomic E-state index is 0.160. The highest BCUT2D eigenvalue weighted by molar-refractivity contribution is 7.15. The van der Waals surface area contributed by atoms with E-state index in [1.807, 2.05) is 24.3 Å². The van der Waals surface area contributed by atoms with Crippen molar-refractivity contribution in [2.45, 2.75) is 51.4 Å². The van der Waals surface area contributed by atoms with Crippen molar-refractivity contribution in [1.29, 1.82) is 0 Å². The van der Waals surface area contributed by atoms with E-state index in [4.69, 9.17) is 28.4 Å². The number of nitrogens with zero attached hydrogens (tertiary/aromatic N) is 4. The van der Waals surface area contributed by atoms with Gasteiger partial charge >= 0.3 is 0 Å². The van der Waals surface area contributed by atoms with E-state index in [2.05, 4.69) is 31.0 Å². The van der Waals surface area contributed by atoms with Crippen LogP contribution in [-0.2, 0) is 35.3 Å². The Labute approximate surface area is 287 Å². The fraction of sp³-hybridized carbons (Fsp3) is 0.438. The number of methoxy groups -OCH3 is 6. The second-order valence-corrected chi connectivity index (χ2v) is 12.5. The molecule has 0 saturated carbocycles. The first-order chi connectivity index (χ1) is 23.3. The van der Waals surface area contributed by atoms with Crippen LogP contribution in [0, 0.1) is 0 Å². The van der Waals surface area contributed by atoms with E-state index >= 15 is 0 Å². The number of carbonyl (C=O) groups excluding carboxylic acids is 2. The molecule has 258 valence electrons. The largest absolute Gasteiger partial charge is 0.493 e. The number of nitrogens with one attached hydrogen (secondary N) is 2. The number of ether oxygens (including phenoxy) is 6. The van der Waals surface area contributed by atoms with Crippen LogP contribution in [0.1, 0.15) is 46.8 Å². The minimum Gasteiger partial charge on any atom is -0.493 e. The fourth-order valence-corrected chi connectivity index (χ4v) is 6.40. The Kier molecular flexibility index (Phi) is 13.6. The van der Waals surface area contributed by atoms with Crippen LogP contribution in [0.3, 0.4) is 0 Å². The van der Waals surface area contributed by atoms with Gasteiger partial charge in [0.1, 0.15) is 10.0 Å². The molecular weight excluding hydrogens is 661 g/mol. The summed E-state index contributed by atoms with van der Waals surface area (Å²) in [7, 11) is 9.31. The number of hydrogen-bond donors (Lipinski definition) is 2. The highest BCUT2D eigenvalue weighted by atomic mass is 32.1. The van der Waals surface area contributed by atoms with Crippen molar-refractivity contribution >= 4 is 44.8 Å². The summed E-state index contributed by atoms with van der Waals surface area (Å²) in [5.41, 5.74) is 1.77. The molecule has 14 nitrogen and oxygen atoms in total. The van der Waals surface area contributed by atoms with Gasteiger partial charge in [-0.05, 0) is 61.1 Å². The van der Waals surface area contributed by atoms with Gasteiger partial charge in [-0.2, -0.15) is 0 Å². The zero-order chi connectivity index (χ0) is 34.5. The number of carbonyl (C=O) groups is 2. The van der Waals surface area contributed by atoms with E-state index in [9.17, 15) is 9.59 Å². The average Bonchev–Trinajstić information content (AvgIpc) is 3.75. The van der Waals surface area contributed by atoms with Crippen LogP contribution in [0.15, 0.2) is 24.3 Å². The molecular formula is C32H40N6O8S2. The Morgan fingerprint density at radius 2 is 0.896 bits per heavy atom. The molecule has 4 rings (SSSR count). The molecule has 0 atom stereocenters. The Hall–Kier alpha value is -4.70. The molecule has 0 aliphatic rings. The van der Waals surface area contributed by atoms with Gasteiger partial charge < -0.3 is 39.1 Å². The van der Waals surface area contributed by atoms with E-state index in [0.717, 1.165) is 46.8 Å². The number of aryl methyl sites for hydroxylation is 4. The first-order valence-electron chi connectivity index (χ1n) is 15.1. The molecule has 0 bridgehead atoms. The standard InChI is InChI=1S/C32H40N6O8S2/c1-41-21-15-19(16-22(42-2)29(21)45-5)11-13-25(39)33-31-37-35-27(47-31)9-7-8-10-28-36-38-32(48-28)34-26(40)14-12-20-17-23(43-3)30(46-6)24(18-20)44-4/h15-18H,7-14H2,1-6H3,(H,33,37,39)(H,34,38,40). The van der Waals surface area contributed by atoms with E-state index in [-0.39, 0.29) is 24.7 Å². The second kappa shape index (κ2) is 18.0. The van der Waals surface area contributed by atoms with Crippen LogP contribution < -0.4 is 39.1 Å². The monoisotopic (exact) mass is 700 g/mol. The highest BCUT2D eigenvalue weighted by Crippen LogP contribution is 2.39. The fourth-order valence-electron chi connectivity index (χ4n) is 4.80. The van der Waals surface area contributed by atoms with Crippen molar-refractivity contribution in [3.05, 3.63) is 45.4 Å². The first-order valence-corrected chi connectivity index (χ1v) is 16.8. The van der Waals surface area contributed by atoms with Crippen molar-refractivity contribution in [3.63, 3.8) is 0 Å². The molecule has 2 aromatic heterocycles. The van der Waals surface area contributed by atoms with Crippen LogP contribution in [0.25, 0.3) is 0 Å². The predicted molar refractivity (Wildman–Crippen MR) is 183 cm³/mol. The lowest BCUT2D eigenvalue weighted by Crippen LogP contribution is -2.12. The Morgan fingerprint density at radius 3 is 1.21 bits per heavy atom. The summed E-state index contributed by atoms with van der Waals surface area (Å²) in [6.45, 7) is 0. The molecule has 2 heterocycles. The van der Waals surface area contributed by atoms with Crippen LogP contribution in [0.2, 0.25) is 0 Å². The van der Waals surface area contributed by atoms with Gasteiger partial charge in [-0.25, -0.2) is 0 Å². The molecule has 0 spiro atoms. The number of rotatable bonds is 19. The summed E-state index contributed by atoms with van der Waals surface area (Å²) >= 11 is 2.72. The predicted octanol–water partition coefficient (Wildman–Crippen LogP) is 5.15. The second-order valence-electron chi connectivity index (χ2n) is 10.4. The SMILES string of the molecule is COc1cc(CCC(=O)Nc2nnc(CCCCc3nnc(NC(=O)CCc4cc(OC)c(OC)c(OC)c4)s3)s2)cc(OC)c1OC. The maximum Gasteiger partial charge on any atom is 0.226 e. The van der Waals surface area contributed by atoms with Gasteiger partial charge in [0.15, 0.2) is 23.0 Å². The van der Waals surface area contributed by atoms with E-state index < -0.39 is 0 Å². The quantitative estimate of drug-likeness (QED) is 0.124. The topological polar surface area (TPSA) is 165 Å². The zero-order valence-electron chi connectivity index (χ0n) is 27.8. The van der Waals surface area contributed by atoms with Crippen LogP contribution in [0.5, 0.6) is 34.5 Å². The van der Waals surface area contributed by atoms with Crippen molar-refractivity contribution < 1.29 is 38.0 Å². The number of unbranched alkanes of at least 4 members (excludes halogenated alkanes) is 1. The molecule has 2 N–H and O–H groups in total. The third-order valence-electron chi connectivity index (χ3n) is 7.19. The van der Waals surface area contributed by atoms with Crippen molar-refractivity contribution in [2.75, 3.05) is 53.3 Å². The third kappa shape index (κ3) is 9.90. The molecule has 0 radical (unpaired) electrons. The van der Waals surface area contributed by atoms with Gasteiger partial charge in [-0.15, -0.1) is 20.4 Å². The third-order valence-corrected chi connectivity index (χ3v) is 8.99. The molecule has 0 unspecified atom stereocenters. The normalized spacial score (nSPS) is 10.7. The van der Waals surface area contributed by atoms with E-state index in [0.29, 0.717) is 57.6 Å². The molecule has 0 aliphatic heterocycles. The molecule has 4 aromatic rings. The smallest absolute Gasteiger partial charge is 0.226 e. The van der Waals surface area contributed by atoms with E-state index in [1.165, 1.54) is 22.7 Å². The van der Waals surface area contributed by atoms with Gasteiger partial charge in [0.25, 0.3) is 0 Å². The Morgan fingerprint density at radius 1 is 0.542 bits per heavy atom. The maximum absolute atomic E-state index is 12.6. The van der Waals surface area contributed by atoms with E-state index in [1.54, 1.807) is 42.7 Å². The molecule has 2 amide bonds. The van der Waals surface area contributed by atoms with Gasteiger partial charge in [-0.3, -0.25) is 9.59 Å². The van der Waals surface area contributed by atoms with Crippen LogP contribution >= 0.6 is 22.7 Å². The van der Waals surface area contributed by atoms with Gasteiger partial charge in [0.05, 0.1) is 42.7 Å². The van der Waals surface area contributed by atoms with Crippen LogP contribution in [-0.4, -0.2) is 74.9 Å². The number of anilines is 2. The maximum atomic E-state index is 12.6. The molecule has 2 aromatic carbocycles. The zero-order valence-corrected chi connectivity index (χ0v) is 29.5. The Balaban J connectivity index is 1.16. The van der Waals surface area contributed by atoms with Crippen molar-refractivity contribution in [2.24, 2.45) is 0 Å². The Bertz CT molecular complexity index is 1510. The van der Waals surface area contributed by atoms with Crippen molar-refractivity contribution in [3.8, 4) is 34.5 Å². The number of aromatic nitrogens is 4. The number of hydrogen-bond acceptors (Lipinski definition) is 14. The summed E-state index contributed by atoms with van der Waals surface area (Å²) in [6.07, 6.45) is 4.65. The molecule has 48 heavy (non-hydrogen) atoms. The average molecular weight is 701 g/mol. The lowest BCUT2D eigenvalue weighted by atomic mass is 10.1. The summed E-state index contributed by atoms with van der Waals surface area (Å²) in [5.74, 6) is 2.86. The minimum atomic E-state index is -0.160.